The molecule has 0 radical (unpaired) electrons. The lowest BCUT2D eigenvalue weighted by Crippen LogP contribution is -2.20. The normalized spacial score (nSPS) is 12.1. The van der Waals surface area contributed by atoms with Crippen molar-refractivity contribution in [3.63, 3.8) is 0 Å². The largest absolute Gasteiger partial charge is 0.383 e. The van der Waals surface area contributed by atoms with Crippen LogP contribution < -0.4 is 4.80 Å². The van der Waals surface area contributed by atoms with Crippen LogP contribution in [0.5, 0.6) is 0 Å². The summed E-state index contributed by atoms with van der Waals surface area (Å²) in [5, 5.41) is 0. The summed E-state index contributed by atoms with van der Waals surface area (Å²) in [4.78, 5) is 17.0. The number of carbonyl (C=O) groups excluding carboxylic acids is 1. The number of ether oxygens (including phenoxy) is 1. The fourth-order valence-electron chi connectivity index (χ4n) is 2.90. The van der Waals surface area contributed by atoms with E-state index in [0.29, 0.717) is 22.7 Å². The van der Waals surface area contributed by atoms with E-state index in [1.165, 1.54) is 13.2 Å². The maximum absolute atomic E-state index is 14.3. The molecule has 1 amide bonds. The molecule has 27 heavy (non-hydrogen) atoms. The Kier molecular flexibility index (Phi) is 5.82. The van der Waals surface area contributed by atoms with Crippen molar-refractivity contribution >= 4 is 27.5 Å². The molecular formula is C20H20F2N2O2S. The molecule has 0 aliphatic carbocycles. The van der Waals surface area contributed by atoms with Crippen LogP contribution in [0, 0.1) is 25.5 Å². The van der Waals surface area contributed by atoms with Crippen LogP contribution >= 0.6 is 11.3 Å². The van der Waals surface area contributed by atoms with Crippen molar-refractivity contribution in [2.24, 2.45) is 4.99 Å². The van der Waals surface area contributed by atoms with Crippen molar-refractivity contribution in [1.82, 2.24) is 4.57 Å². The Balaban J connectivity index is 2.04. The van der Waals surface area contributed by atoms with E-state index in [9.17, 15) is 13.6 Å². The summed E-state index contributed by atoms with van der Waals surface area (Å²) < 4.78 is 34.9. The number of carbonyl (C=O) groups is 1. The van der Waals surface area contributed by atoms with Crippen LogP contribution in [0.15, 0.2) is 35.3 Å². The van der Waals surface area contributed by atoms with Gasteiger partial charge in [0.25, 0.3) is 5.91 Å². The molecule has 4 nitrogen and oxygen atoms in total. The summed E-state index contributed by atoms with van der Waals surface area (Å²) in [6, 6.07) is 8.00. The van der Waals surface area contributed by atoms with E-state index in [2.05, 4.69) is 4.99 Å². The van der Waals surface area contributed by atoms with Crippen LogP contribution in [0.25, 0.3) is 10.2 Å². The predicted octanol–water partition coefficient (Wildman–Crippen LogP) is 3.91. The van der Waals surface area contributed by atoms with Gasteiger partial charge >= 0.3 is 0 Å². The summed E-state index contributed by atoms with van der Waals surface area (Å²) in [5.74, 6) is -1.67. The number of thiazole rings is 1. The zero-order valence-corrected chi connectivity index (χ0v) is 16.2. The molecule has 0 N–H and O–H groups in total. The molecule has 0 bridgehead atoms. The van der Waals surface area contributed by atoms with Crippen molar-refractivity contribution in [2.45, 2.75) is 26.8 Å². The van der Waals surface area contributed by atoms with Gasteiger partial charge in [0.05, 0.1) is 23.2 Å². The number of amides is 1. The number of rotatable bonds is 5. The van der Waals surface area contributed by atoms with Crippen molar-refractivity contribution < 1.29 is 18.3 Å². The van der Waals surface area contributed by atoms with Crippen molar-refractivity contribution in [3.05, 3.63) is 63.5 Å². The van der Waals surface area contributed by atoms with E-state index in [4.69, 9.17) is 4.74 Å². The van der Waals surface area contributed by atoms with Gasteiger partial charge in [-0.25, -0.2) is 8.78 Å². The van der Waals surface area contributed by atoms with E-state index in [1.54, 1.807) is 4.57 Å². The Morgan fingerprint density at radius 1 is 1.22 bits per heavy atom. The molecule has 0 spiro atoms. The van der Waals surface area contributed by atoms with Gasteiger partial charge in [-0.2, -0.15) is 4.99 Å². The SMILES string of the molecule is COCCn1c(=NC(=O)Cc2cc(C)ccc2C)sc2cc(F)cc(F)c21. The van der Waals surface area contributed by atoms with Crippen molar-refractivity contribution in [1.29, 1.82) is 0 Å². The molecule has 3 aromatic rings. The molecule has 2 aromatic carbocycles. The highest BCUT2D eigenvalue weighted by molar-refractivity contribution is 7.16. The van der Waals surface area contributed by atoms with Crippen LogP contribution in [0.2, 0.25) is 0 Å². The second-order valence-corrected chi connectivity index (χ2v) is 7.38. The number of methoxy groups -OCH3 is 1. The van der Waals surface area contributed by atoms with E-state index in [1.807, 2.05) is 32.0 Å². The number of aryl methyl sites for hydroxylation is 2. The van der Waals surface area contributed by atoms with Crippen molar-refractivity contribution in [2.75, 3.05) is 13.7 Å². The third-order valence-electron chi connectivity index (χ3n) is 4.28. The van der Waals surface area contributed by atoms with Gasteiger partial charge in [0.1, 0.15) is 5.82 Å². The van der Waals surface area contributed by atoms with Gasteiger partial charge < -0.3 is 9.30 Å². The second kappa shape index (κ2) is 8.10. The summed E-state index contributed by atoms with van der Waals surface area (Å²) in [7, 11) is 1.54. The third kappa shape index (κ3) is 4.31. The lowest BCUT2D eigenvalue weighted by atomic mass is 10.0. The van der Waals surface area contributed by atoms with Gasteiger partial charge in [-0.1, -0.05) is 35.1 Å². The average molecular weight is 390 g/mol. The molecule has 1 aromatic heterocycles. The Morgan fingerprint density at radius 2 is 2.00 bits per heavy atom. The molecule has 3 rings (SSSR count). The third-order valence-corrected chi connectivity index (χ3v) is 5.31. The number of hydrogen-bond donors (Lipinski definition) is 0. The monoisotopic (exact) mass is 390 g/mol. The van der Waals surface area contributed by atoms with Crippen molar-refractivity contribution in [3.8, 4) is 0 Å². The standard InChI is InChI=1S/C20H20F2N2O2S/c1-12-4-5-13(2)14(8-12)9-18(25)23-20-24(6-7-26-3)19-16(22)10-15(21)11-17(19)27-20/h4-5,8,10-11H,6-7,9H2,1-3H3. The molecule has 0 saturated carbocycles. The first-order chi connectivity index (χ1) is 12.9. The lowest BCUT2D eigenvalue weighted by Gasteiger charge is -2.06. The topological polar surface area (TPSA) is 43.6 Å². The van der Waals surface area contributed by atoms with Gasteiger partial charge in [0, 0.05) is 19.7 Å². The van der Waals surface area contributed by atoms with E-state index >= 15 is 0 Å². The Labute approximate surface area is 159 Å². The maximum atomic E-state index is 14.3. The minimum atomic E-state index is -0.680. The van der Waals surface area contributed by atoms with Gasteiger partial charge in [0.2, 0.25) is 0 Å². The summed E-state index contributed by atoms with van der Waals surface area (Å²) in [5.41, 5.74) is 3.22. The Hall–Kier alpha value is -2.38. The summed E-state index contributed by atoms with van der Waals surface area (Å²) >= 11 is 1.09. The molecule has 0 fully saturated rings. The number of hydrogen-bond acceptors (Lipinski definition) is 3. The Morgan fingerprint density at radius 3 is 2.74 bits per heavy atom. The number of benzene rings is 2. The number of fused-ring (bicyclic) bond motifs is 1. The molecule has 1 heterocycles. The molecule has 142 valence electrons. The minimum absolute atomic E-state index is 0.156. The zero-order valence-electron chi connectivity index (χ0n) is 15.4. The van der Waals surface area contributed by atoms with Crippen LogP contribution in [0.1, 0.15) is 16.7 Å². The van der Waals surface area contributed by atoms with Crippen LogP contribution in [0.3, 0.4) is 0 Å². The van der Waals surface area contributed by atoms with Gasteiger partial charge in [-0.05, 0) is 31.0 Å². The number of halogens is 2. The molecule has 7 heteroatoms. The Bertz CT molecular complexity index is 1070. The van der Waals surface area contributed by atoms with Crippen LogP contribution in [-0.2, 0) is 22.5 Å². The van der Waals surface area contributed by atoms with Crippen LogP contribution in [-0.4, -0.2) is 24.2 Å². The van der Waals surface area contributed by atoms with Gasteiger partial charge in [-0.3, -0.25) is 4.79 Å². The average Bonchev–Trinajstić information content (AvgIpc) is 2.93. The highest BCUT2D eigenvalue weighted by Gasteiger charge is 2.14. The number of aromatic nitrogens is 1. The van der Waals surface area contributed by atoms with Crippen LogP contribution in [0.4, 0.5) is 8.78 Å². The first-order valence-electron chi connectivity index (χ1n) is 8.50. The fraction of sp³-hybridized carbons (Fsp3) is 0.300. The van der Waals surface area contributed by atoms with Gasteiger partial charge in [-0.15, -0.1) is 0 Å². The predicted molar refractivity (Wildman–Crippen MR) is 102 cm³/mol. The molecule has 0 unspecified atom stereocenters. The molecular weight excluding hydrogens is 370 g/mol. The highest BCUT2D eigenvalue weighted by atomic mass is 32.1. The fourth-order valence-corrected chi connectivity index (χ4v) is 4.02. The summed E-state index contributed by atoms with van der Waals surface area (Å²) in [6.07, 6.45) is 0.156. The smallest absolute Gasteiger partial charge is 0.252 e. The molecule has 0 aliphatic rings. The van der Waals surface area contributed by atoms with E-state index in [0.717, 1.165) is 34.1 Å². The zero-order chi connectivity index (χ0) is 19.6. The first-order valence-corrected chi connectivity index (χ1v) is 9.31. The number of nitrogens with zero attached hydrogens (tertiary/aromatic N) is 2. The molecule has 0 atom stereocenters. The maximum Gasteiger partial charge on any atom is 0.252 e. The van der Waals surface area contributed by atoms with E-state index < -0.39 is 11.6 Å². The van der Waals surface area contributed by atoms with Gasteiger partial charge in [0.15, 0.2) is 10.6 Å². The molecule has 0 saturated heterocycles. The first kappa shape index (κ1) is 19.4. The second-order valence-electron chi connectivity index (χ2n) is 6.38. The lowest BCUT2D eigenvalue weighted by molar-refractivity contribution is -0.117. The van der Waals surface area contributed by atoms with E-state index in [-0.39, 0.29) is 17.8 Å². The highest BCUT2D eigenvalue weighted by Crippen LogP contribution is 2.22. The molecule has 0 aliphatic heterocycles. The summed E-state index contributed by atoms with van der Waals surface area (Å²) in [6.45, 7) is 4.54. The minimum Gasteiger partial charge on any atom is -0.383 e. The quantitative estimate of drug-likeness (QED) is 0.663.